The van der Waals surface area contributed by atoms with Crippen LogP contribution >= 0.6 is 11.3 Å². The lowest BCUT2D eigenvalue weighted by Gasteiger charge is -2.39. The number of amides is 2. The predicted molar refractivity (Wildman–Crippen MR) is 101 cm³/mol. The highest BCUT2D eigenvalue weighted by molar-refractivity contribution is 7.07. The Bertz CT molecular complexity index is 820. The van der Waals surface area contributed by atoms with E-state index in [1.54, 1.807) is 10.9 Å². The summed E-state index contributed by atoms with van der Waals surface area (Å²) in [6.45, 7) is 4.69. The van der Waals surface area contributed by atoms with E-state index in [2.05, 4.69) is 30.1 Å². The molecule has 0 N–H and O–H groups in total. The van der Waals surface area contributed by atoms with Gasteiger partial charge in [0.2, 0.25) is 5.91 Å². The standard InChI is InChI=1S/C20H23N3O2S/c1-15-4-2-5-16(10-15)11-22-8-3-6-20(19(22)25)7-9-23(13-20)18(24)17-12-26-14-21-17/h2,4-5,10,12,14H,3,6-9,11,13H2,1H3/t20-/m0/s1. The zero-order valence-electron chi connectivity index (χ0n) is 15.0. The largest absolute Gasteiger partial charge is 0.338 e. The molecule has 2 aromatic rings. The average Bonchev–Trinajstić information content (AvgIpc) is 3.30. The van der Waals surface area contributed by atoms with Crippen molar-refractivity contribution in [2.24, 2.45) is 5.41 Å². The van der Waals surface area contributed by atoms with Gasteiger partial charge in [0, 0.05) is 31.6 Å². The highest BCUT2D eigenvalue weighted by Gasteiger charge is 2.49. The third kappa shape index (κ3) is 3.14. The molecule has 0 radical (unpaired) electrons. The second-order valence-corrected chi connectivity index (χ2v) is 8.17. The van der Waals surface area contributed by atoms with Crippen molar-refractivity contribution in [3.05, 3.63) is 52.0 Å². The molecule has 5 nitrogen and oxygen atoms in total. The summed E-state index contributed by atoms with van der Waals surface area (Å²) in [5, 5.41) is 1.78. The van der Waals surface area contributed by atoms with Gasteiger partial charge in [-0.25, -0.2) is 4.98 Å². The van der Waals surface area contributed by atoms with E-state index in [0.717, 1.165) is 25.8 Å². The van der Waals surface area contributed by atoms with Crippen LogP contribution < -0.4 is 0 Å². The maximum Gasteiger partial charge on any atom is 0.273 e. The molecule has 3 heterocycles. The minimum atomic E-state index is -0.409. The van der Waals surface area contributed by atoms with Crippen LogP contribution in [0.2, 0.25) is 0 Å². The first kappa shape index (κ1) is 17.2. The van der Waals surface area contributed by atoms with Gasteiger partial charge in [0.05, 0.1) is 10.9 Å². The lowest BCUT2D eigenvalue weighted by molar-refractivity contribution is -0.146. The summed E-state index contributed by atoms with van der Waals surface area (Å²) in [6.07, 6.45) is 2.62. The number of hydrogen-bond donors (Lipinski definition) is 0. The SMILES string of the molecule is Cc1cccc(CN2CCC[C@@]3(CCN(C(=O)c4cscn4)C3)C2=O)c1. The predicted octanol–water partition coefficient (Wildman–Crippen LogP) is 3.11. The number of carbonyl (C=O) groups is 2. The van der Waals surface area contributed by atoms with Crippen molar-refractivity contribution in [1.82, 2.24) is 14.8 Å². The Kier molecular flexibility index (Phi) is 4.53. The molecule has 136 valence electrons. The fourth-order valence-electron chi connectivity index (χ4n) is 4.24. The molecule has 1 atom stereocenters. The van der Waals surface area contributed by atoms with Crippen LogP contribution in [0.25, 0.3) is 0 Å². The van der Waals surface area contributed by atoms with Crippen LogP contribution in [-0.2, 0) is 11.3 Å². The van der Waals surface area contributed by atoms with Crippen LogP contribution in [-0.4, -0.2) is 46.2 Å². The van der Waals surface area contributed by atoms with E-state index in [9.17, 15) is 9.59 Å². The quantitative estimate of drug-likeness (QED) is 0.835. The molecule has 2 aliphatic rings. The molecule has 0 saturated carbocycles. The minimum Gasteiger partial charge on any atom is -0.338 e. The van der Waals surface area contributed by atoms with Gasteiger partial charge >= 0.3 is 0 Å². The third-order valence-corrected chi connectivity index (χ3v) is 6.16. The van der Waals surface area contributed by atoms with Crippen molar-refractivity contribution in [2.75, 3.05) is 19.6 Å². The van der Waals surface area contributed by atoms with Gasteiger partial charge in [-0.15, -0.1) is 11.3 Å². The summed E-state index contributed by atoms with van der Waals surface area (Å²) in [6, 6.07) is 8.33. The normalized spacial score (nSPS) is 23.0. The van der Waals surface area contributed by atoms with Gasteiger partial charge in [0.25, 0.3) is 5.91 Å². The van der Waals surface area contributed by atoms with Gasteiger partial charge in [0.15, 0.2) is 0 Å². The Labute approximate surface area is 157 Å². The molecule has 1 spiro atoms. The maximum absolute atomic E-state index is 13.3. The number of carbonyl (C=O) groups excluding carboxylic acids is 2. The molecule has 2 amide bonds. The molecule has 2 aliphatic heterocycles. The van der Waals surface area contributed by atoms with E-state index in [4.69, 9.17) is 0 Å². The van der Waals surface area contributed by atoms with Crippen molar-refractivity contribution in [3.8, 4) is 0 Å². The molecule has 0 unspecified atom stereocenters. The van der Waals surface area contributed by atoms with E-state index >= 15 is 0 Å². The highest BCUT2D eigenvalue weighted by Crippen LogP contribution is 2.40. The van der Waals surface area contributed by atoms with Gasteiger partial charge in [-0.05, 0) is 31.7 Å². The molecule has 26 heavy (non-hydrogen) atoms. The molecule has 2 saturated heterocycles. The van der Waals surface area contributed by atoms with E-state index in [-0.39, 0.29) is 11.8 Å². The number of hydrogen-bond acceptors (Lipinski definition) is 4. The number of aromatic nitrogens is 1. The second kappa shape index (κ2) is 6.83. The first-order chi connectivity index (χ1) is 12.6. The summed E-state index contributed by atoms with van der Waals surface area (Å²) in [5.41, 5.74) is 4.14. The summed E-state index contributed by atoms with van der Waals surface area (Å²) in [5.74, 6) is 0.158. The molecule has 1 aromatic carbocycles. The molecular weight excluding hydrogens is 346 g/mol. The smallest absolute Gasteiger partial charge is 0.273 e. The van der Waals surface area contributed by atoms with Crippen LogP contribution in [0, 0.1) is 12.3 Å². The van der Waals surface area contributed by atoms with Crippen LogP contribution in [0.4, 0.5) is 0 Å². The van der Waals surface area contributed by atoms with Crippen LogP contribution in [0.5, 0.6) is 0 Å². The summed E-state index contributed by atoms with van der Waals surface area (Å²) in [4.78, 5) is 33.8. The molecule has 2 fully saturated rings. The minimum absolute atomic E-state index is 0.0493. The molecule has 1 aromatic heterocycles. The third-order valence-electron chi connectivity index (χ3n) is 5.57. The molecule has 0 aliphatic carbocycles. The zero-order chi connectivity index (χ0) is 18.1. The van der Waals surface area contributed by atoms with Crippen molar-refractivity contribution < 1.29 is 9.59 Å². The number of nitrogens with zero attached hydrogens (tertiary/aromatic N) is 3. The van der Waals surface area contributed by atoms with Crippen molar-refractivity contribution in [1.29, 1.82) is 0 Å². The first-order valence-corrected chi connectivity index (χ1v) is 10.0. The number of thiazole rings is 1. The number of rotatable bonds is 3. The van der Waals surface area contributed by atoms with Crippen LogP contribution in [0.1, 0.15) is 40.9 Å². The topological polar surface area (TPSA) is 53.5 Å². The fraction of sp³-hybridized carbons (Fsp3) is 0.450. The monoisotopic (exact) mass is 369 g/mol. The van der Waals surface area contributed by atoms with Gasteiger partial charge in [0.1, 0.15) is 5.69 Å². The maximum atomic E-state index is 13.3. The number of likely N-dealkylation sites (tertiary alicyclic amines) is 2. The Morgan fingerprint density at radius 3 is 2.96 bits per heavy atom. The molecule has 6 heteroatoms. The average molecular weight is 369 g/mol. The van der Waals surface area contributed by atoms with E-state index < -0.39 is 5.41 Å². The van der Waals surface area contributed by atoms with E-state index in [1.165, 1.54) is 22.5 Å². The van der Waals surface area contributed by atoms with Crippen LogP contribution in [0.15, 0.2) is 35.2 Å². The van der Waals surface area contributed by atoms with Gasteiger partial charge < -0.3 is 9.80 Å². The fourth-order valence-corrected chi connectivity index (χ4v) is 4.76. The zero-order valence-corrected chi connectivity index (χ0v) is 15.8. The second-order valence-electron chi connectivity index (χ2n) is 7.45. The van der Waals surface area contributed by atoms with E-state index in [1.807, 2.05) is 15.9 Å². The summed E-state index contributed by atoms with van der Waals surface area (Å²) in [7, 11) is 0. The highest BCUT2D eigenvalue weighted by atomic mass is 32.1. The summed E-state index contributed by atoms with van der Waals surface area (Å²) >= 11 is 1.42. The molecule has 4 rings (SSSR count). The molecular formula is C20H23N3O2S. The van der Waals surface area contributed by atoms with Crippen molar-refractivity contribution in [3.63, 3.8) is 0 Å². The van der Waals surface area contributed by atoms with Crippen LogP contribution in [0.3, 0.4) is 0 Å². The lowest BCUT2D eigenvalue weighted by atomic mass is 9.78. The van der Waals surface area contributed by atoms with E-state index in [0.29, 0.717) is 25.3 Å². The Balaban J connectivity index is 1.48. The lowest BCUT2D eigenvalue weighted by Crippen LogP contribution is -2.50. The Hall–Kier alpha value is -2.21. The molecule has 0 bridgehead atoms. The number of piperidine rings is 1. The van der Waals surface area contributed by atoms with Gasteiger partial charge in [-0.2, -0.15) is 0 Å². The Morgan fingerprint density at radius 1 is 1.31 bits per heavy atom. The number of aryl methyl sites for hydroxylation is 1. The summed E-state index contributed by atoms with van der Waals surface area (Å²) < 4.78 is 0. The van der Waals surface area contributed by atoms with Gasteiger partial charge in [-0.1, -0.05) is 29.8 Å². The number of benzene rings is 1. The first-order valence-electron chi connectivity index (χ1n) is 9.10. The van der Waals surface area contributed by atoms with Crippen molar-refractivity contribution >= 4 is 23.2 Å². The Morgan fingerprint density at radius 2 is 2.19 bits per heavy atom. The van der Waals surface area contributed by atoms with Crippen molar-refractivity contribution in [2.45, 2.75) is 32.7 Å². The van der Waals surface area contributed by atoms with Gasteiger partial charge in [-0.3, -0.25) is 9.59 Å².